The fourth-order valence-corrected chi connectivity index (χ4v) is 3.38. The van der Waals surface area contributed by atoms with E-state index in [1.807, 2.05) is 19.2 Å². The average Bonchev–Trinajstić information content (AvgIpc) is 2.90. The summed E-state index contributed by atoms with van der Waals surface area (Å²) in [6, 6.07) is 11.0. The Hall–Kier alpha value is -2.44. The molecule has 136 valence electrons. The highest BCUT2D eigenvalue weighted by Gasteiger charge is 2.24. The van der Waals surface area contributed by atoms with Crippen LogP contribution in [0.2, 0.25) is 5.02 Å². The van der Waals surface area contributed by atoms with Gasteiger partial charge in [-0.2, -0.15) is 5.10 Å². The molecule has 0 bridgehead atoms. The molecular formula is C19H20ClFN4O. The second kappa shape index (κ2) is 7.43. The lowest BCUT2D eigenvalue weighted by Gasteiger charge is -2.23. The molecule has 0 spiro atoms. The third-order valence-electron chi connectivity index (χ3n) is 4.26. The van der Waals surface area contributed by atoms with Gasteiger partial charge in [0.1, 0.15) is 11.9 Å². The molecule has 3 aromatic rings. The van der Waals surface area contributed by atoms with Crippen molar-refractivity contribution in [3.05, 3.63) is 64.6 Å². The highest BCUT2D eigenvalue weighted by atomic mass is 35.5. The molecule has 2 aromatic carbocycles. The number of nitrogens with zero attached hydrogens (tertiary/aromatic N) is 3. The van der Waals surface area contributed by atoms with Crippen molar-refractivity contribution in [2.45, 2.75) is 12.6 Å². The van der Waals surface area contributed by atoms with Crippen molar-refractivity contribution in [3.8, 4) is 0 Å². The number of carbonyl (C=O) groups excluding carboxylic acids is 1. The van der Waals surface area contributed by atoms with Crippen LogP contribution >= 0.6 is 11.6 Å². The van der Waals surface area contributed by atoms with E-state index in [-0.39, 0.29) is 18.3 Å². The first kappa shape index (κ1) is 18.4. The van der Waals surface area contributed by atoms with Crippen LogP contribution in [0.25, 0.3) is 10.9 Å². The molecule has 0 saturated carbocycles. The Bertz CT molecular complexity index is 954. The molecule has 0 saturated heterocycles. The zero-order valence-corrected chi connectivity index (χ0v) is 15.6. The lowest BCUT2D eigenvalue weighted by molar-refractivity contribution is -0.126. The molecule has 1 atom stereocenters. The summed E-state index contributed by atoms with van der Waals surface area (Å²) in [6.45, 7) is 0.236. The molecule has 1 N–H and O–H groups in total. The van der Waals surface area contributed by atoms with Crippen LogP contribution in [0, 0.1) is 5.82 Å². The fourth-order valence-electron chi connectivity index (χ4n) is 3.10. The van der Waals surface area contributed by atoms with E-state index in [2.05, 4.69) is 10.4 Å². The van der Waals surface area contributed by atoms with Crippen molar-refractivity contribution in [1.29, 1.82) is 0 Å². The van der Waals surface area contributed by atoms with Crippen molar-refractivity contribution < 1.29 is 9.18 Å². The van der Waals surface area contributed by atoms with Gasteiger partial charge in [-0.15, -0.1) is 0 Å². The van der Waals surface area contributed by atoms with E-state index in [4.69, 9.17) is 11.6 Å². The molecule has 26 heavy (non-hydrogen) atoms. The van der Waals surface area contributed by atoms with Crippen molar-refractivity contribution >= 4 is 28.4 Å². The molecule has 5 nitrogen and oxygen atoms in total. The first-order valence-corrected chi connectivity index (χ1v) is 8.56. The minimum Gasteiger partial charge on any atom is -0.349 e. The van der Waals surface area contributed by atoms with Crippen LogP contribution in [0.3, 0.4) is 0 Å². The second-order valence-corrected chi connectivity index (χ2v) is 6.75. The van der Waals surface area contributed by atoms with Gasteiger partial charge in [0, 0.05) is 12.4 Å². The summed E-state index contributed by atoms with van der Waals surface area (Å²) in [5, 5.41) is 8.77. The first-order valence-electron chi connectivity index (χ1n) is 8.18. The van der Waals surface area contributed by atoms with Crippen LogP contribution in [-0.2, 0) is 18.4 Å². The van der Waals surface area contributed by atoms with Crippen molar-refractivity contribution in [2.75, 3.05) is 14.1 Å². The maximum absolute atomic E-state index is 13.5. The second-order valence-electron chi connectivity index (χ2n) is 6.34. The Morgan fingerprint density at radius 1 is 1.31 bits per heavy atom. The van der Waals surface area contributed by atoms with Crippen LogP contribution < -0.4 is 5.32 Å². The van der Waals surface area contributed by atoms with E-state index in [0.717, 1.165) is 10.9 Å². The number of benzene rings is 2. The summed E-state index contributed by atoms with van der Waals surface area (Å²) < 4.78 is 15.3. The van der Waals surface area contributed by atoms with Crippen LogP contribution in [0.1, 0.15) is 17.3 Å². The zero-order chi connectivity index (χ0) is 18.8. The summed E-state index contributed by atoms with van der Waals surface area (Å²) in [5.41, 5.74) is 2.19. The van der Waals surface area contributed by atoms with Gasteiger partial charge in [0.2, 0.25) is 5.91 Å². The van der Waals surface area contributed by atoms with Gasteiger partial charge in [-0.05, 0) is 43.9 Å². The third-order valence-corrected chi connectivity index (χ3v) is 4.57. The number of nitrogens with one attached hydrogen (secondary N) is 1. The van der Waals surface area contributed by atoms with Crippen LogP contribution in [-0.4, -0.2) is 34.7 Å². The lowest BCUT2D eigenvalue weighted by Crippen LogP contribution is -2.36. The fraction of sp³-hybridized carbons (Fsp3) is 0.263. The van der Waals surface area contributed by atoms with E-state index in [9.17, 15) is 9.18 Å². The maximum atomic E-state index is 13.5. The molecule has 7 heteroatoms. The molecule has 0 fully saturated rings. The summed E-state index contributed by atoms with van der Waals surface area (Å²) in [4.78, 5) is 14.5. The SMILES string of the molecule is CN(C)[C@@H](C(=O)NCc1nn(C)c2cccc(Cl)c12)c1cccc(F)c1. The minimum atomic E-state index is -0.601. The number of likely N-dealkylation sites (N-methyl/N-ethyl adjacent to an activating group) is 1. The molecule has 0 aliphatic carbocycles. The molecule has 0 radical (unpaired) electrons. The summed E-state index contributed by atoms with van der Waals surface area (Å²) in [7, 11) is 5.39. The normalized spacial score (nSPS) is 12.5. The van der Waals surface area contributed by atoms with Gasteiger partial charge in [-0.3, -0.25) is 14.4 Å². The van der Waals surface area contributed by atoms with Crippen molar-refractivity contribution in [1.82, 2.24) is 20.0 Å². The maximum Gasteiger partial charge on any atom is 0.242 e. The first-order chi connectivity index (χ1) is 12.4. The molecule has 1 heterocycles. The van der Waals surface area contributed by atoms with Gasteiger partial charge >= 0.3 is 0 Å². The van der Waals surface area contributed by atoms with Gasteiger partial charge < -0.3 is 5.32 Å². The third kappa shape index (κ3) is 3.57. The van der Waals surface area contributed by atoms with Gasteiger partial charge in [-0.25, -0.2) is 4.39 Å². The number of hydrogen-bond donors (Lipinski definition) is 1. The van der Waals surface area contributed by atoms with Gasteiger partial charge in [0.05, 0.1) is 22.8 Å². The van der Waals surface area contributed by atoms with Crippen LogP contribution in [0.5, 0.6) is 0 Å². The summed E-state index contributed by atoms with van der Waals surface area (Å²) in [6.07, 6.45) is 0. The predicted molar refractivity (Wildman–Crippen MR) is 100 cm³/mol. The van der Waals surface area contributed by atoms with Gasteiger partial charge in [-0.1, -0.05) is 29.8 Å². The average molecular weight is 375 g/mol. The number of amides is 1. The summed E-state index contributed by atoms with van der Waals surface area (Å²) in [5.74, 6) is -0.601. The Morgan fingerprint density at radius 3 is 2.73 bits per heavy atom. The van der Waals surface area contributed by atoms with Crippen LogP contribution in [0.4, 0.5) is 4.39 Å². The topological polar surface area (TPSA) is 50.2 Å². The largest absolute Gasteiger partial charge is 0.349 e. The zero-order valence-electron chi connectivity index (χ0n) is 14.8. The Labute approximate surface area is 156 Å². The quantitative estimate of drug-likeness (QED) is 0.745. The number of fused-ring (bicyclic) bond motifs is 1. The van der Waals surface area contributed by atoms with E-state index in [1.165, 1.54) is 12.1 Å². The monoisotopic (exact) mass is 374 g/mol. The Kier molecular flexibility index (Phi) is 5.25. The van der Waals surface area contributed by atoms with Gasteiger partial charge in [0.15, 0.2) is 0 Å². The number of hydrogen-bond acceptors (Lipinski definition) is 3. The highest BCUT2D eigenvalue weighted by molar-refractivity contribution is 6.35. The van der Waals surface area contributed by atoms with Gasteiger partial charge in [0.25, 0.3) is 0 Å². The van der Waals surface area contributed by atoms with E-state index in [1.54, 1.807) is 41.9 Å². The van der Waals surface area contributed by atoms with Crippen molar-refractivity contribution in [2.24, 2.45) is 7.05 Å². The number of rotatable bonds is 5. The molecule has 1 aromatic heterocycles. The molecular weight excluding hydrogens is 355 g/mol. The number of aryl methyl sites for hydroxylation is 1. The minimum absolute atomic E-state index is 0.230. The Morgan fingerprint density at radius 2 is 2.04 bits per heavy atom. The van der Waals surface area contributed by atoms with E-state index >= 15 is 0 Å². The highest BCUT2D eigenvalue weighted by Crippen LogP contribution is 2.26. The number of carbonyl (C=O) groups is 1. The van der Waals surface area contributed by atoms with Crippen molar-refractivity contribution in [3.63, 3.8) is 0 Å². The lowest BCUT2D eigenvalue weighted by atomic mass is 10.0. The predicted octanol–water partition coefficient (Wildman–Crippen LogP) is 3.28. The summed E-state index contributed by atoms with van der Waals surface area (Å²) >= 11 is 6.30. The molecule has 0 aliphatic heterocycles. The smallest absolute Gasteiger partial charge is 0.242 e. The standard InChI is InChI=1S/C19H20ClFN4O/c1-24(2)18(12-6-4-7-13(21)10-12)19(26)22-11-15-17-14(20)8-5-9-16(17)25(3)23-15/h4-10,18H,11H2,1-3H3,(H,22,26)/t18-/m1/s1. The number of halogens is 2. The van der Waals surface area contributed by atoms with E-state index in [0.29, 0.717) is 16.3 Å². The molecule has 0 aliphatic rings. The van der Waals surface area contributed by atoms with Crippen LogP contribution in [0.15, 0.2) is 42.5 Å². The molecule has 1 amide bonds. The Balaban J connectivity index is 1.83. The molecule has 3 rings (SSSR count). The number of aromatic nitrogens is 2. The van der Waals surface area contributed by atoms with E-state index < -0.39 is 6.04 Å². The molecule has 0 unspecified atom stereocenters.